The van der Waals surface area contributed by atoms with Crippen LogP contribution in [0.25, 0.3) is 0 Å². The monoisotopic (exact) mass is 346 g/mol. The first-order valence-electron chi connectivity index (χ1n) is 9.29. The van der Waals surface area contributed by atoms with Gasteiger partial charge in [0.25, 0.3) is 5.91 Å². The Hall–Kier alpha value is -1.73. The second-order valence-corrected chi connectivity index (χ2v) is 7.35. The van der Waals surface area contributed by atoms with Crippen molar-refractivity contribution in [3.05, 3.63) is 18.1 Å². The summed E-state index contributed by atoms with van der Waals surface area (Å²) in [6.45, 7) is 6.85. The van der Waals surface area contributed by atoms with E-state index < -0.39 is 0 Å². The van der Waals surface area contributed by atoms with E-state index in [1.54, 1.807) is 12.4 Å². The minimum absolute atomic E-state index is 0.00375. The van der Waals surface area contributed by atoms with Crippen molar-refractivity contribution in [2.75, 3.05) is 44.3 Å². The van der Waals surface area contributed by atoms with Crippen LogP contribution in [-0.4, -0.2) is 66.0 Å². The van der Waals surface area contributed by atoms with Crippen molar-refractivity contribution in [3.8, 4) is 0 Å². The molecule has 3 fully saturated rings. The van der Waals surface area contributed by atoms with E-state index >= 15 is 0 Å². The zero-order valence-corrected chi connectivity index (χ0v) is 14.8. The van der Waals surface area contributed by atoms with Gasteiger partial charge in [-0.05, 0) is 18.8 Å². The molecule has 0 N–H and O–H groups in total. The molecule has 7 heteroatoms. The third kappa shape index (κ3) is 3.48. The maximum absolute atomic E-state index is 12.6. The Morgan fingerprint density at radius 2 is 1.92 bits per heavy atom. The summed E-state index contributed by atoms with van der Waals surface area (Å²) in [4.78, 5) is 25.5. The van der Waals surface area contributed by atoms with E-state index in [1.165, 1.54) is 6.42 Å². The summed E-state index contributed by atoms with van der Waals surface area (Å²) in [5.41, 5.74) is 0.439. The van der Waals surface area contributed by atoms with E-state index in [2.05, 4.69) is 21.8 Å². The molecule has 0 aliphatic carbocycles. The minimum Gasteiger partial charge on any atom is -0.355 e. The second kappa shape index (κ2) is 6.88. The predicted octanol–water partition coefficient (Wildman–Crippen LogP) is 1.69. The van der Waals surface area contributed by atoms with Crippen LogP contribution in [0.1, 0.15) is 43.1 Å². The quantitative estimate of drug-likeness (QED) is 0.812. The minimum atomic E-state index is -0.384. The first-order valence-corrected chi connectivity index (χ1v) is 9.29. The van der Waals surface area contributed by atoms with Gasteiger partial charge in [-0.3, -0.25) is 4.79 Å². The number of nitrogens with zero attached hydrogens (tertiary/aromatic N) is 4. The van der Waals surface area contributed by atoms with Crippen LogP contribution in [0.15, 0.2) is 12.4 Å². The molecule has 1 spiro atoms. The average molecular weight is 346 g/mol. The van der Waals surface area contributed by atoms with Gasteiger partial charge in [-0.1, -0.05) is 6.92 Å². The largest absolute Gasteiger partial charge is 0.355 e. The highest BCUT2D eigenvalue weighted by Gasteiger charge is 2.40. The smallest absolute Gasteiger partial charge is 0.274 e. The molecule has 3 saturated heterocycles. The lowest BCUT2D eigenvalue weighted by atomic mass is 10.0. The van der Waals surface area contributed by atoms with E-state index in [4.69, 9.17) is 9.47 Å². The molecule has 0 aromatic carbocycles. The highest BCUT2D eigenvalue weighted by molar-refractivity contribution is 5.92. The summed E-state index contributed by atoms with van der Waals surface area (Å²) >= 11 is 0. The molecular weight excluding hydrogens is 320 g/mol. The van der Waals surface area contributed by atoms with Crippen LogP contribution < -0.4 is 4.90 Å². The number of anilines is 1. The lowest BCUT2D eigenvalue weighted by molar-refractivity contribution is -0.169. The van der Waals surface area contributed by atoms with E-state index in [0.29, 0.717) is 24.8 Å². The van der Waals surface area contributed by atoms with Gasteiger partial charge in [0.05, 0.1) is 25.6 Å². The maximum atomic E-state index is 12.6. The Bertz CT molecular complexity index is 605. The molecular formula is C18H26N4O3. The molecule has 0 saturated carbocycles. The molecule has 1 aromatic heterocycles. The number of hydrogen-bond acceptors (Lipinski definition) is 6. The average Bonchev–Trinajstić information content (AvgIpc) is 3.10. The Morgan fingerprint density at radius 1 is 1.16 bits per heavy atom. The topological polar surface area (TPSA) is 67.8 Å². The molecule has 4 rings (SSSR count). The number of likely N-dealkylation sites (tertiary alicyclic amines) is 1. The number of aromatic nitrogens is 2. The highest BCUT2D eigenvalue weighted by atomic mass is 16.7. The summed E-state index contributed by atoms with van der Waals surface area (Å²) in [7, 11) is 0. The maximum Gasteiger partial charge on any atom is 0.274 e. The molecule has 0 bridgehead atoms. The van der Waals surface area contributed by atoms with E-state index in [0.717, 1.165) is 51.3 Å². The van der Waals surface area contributed by atoms with Crippen LogP contribution in [0.5, 0.6) is 0 Å². The lowest BCUT2D eigenvalue weighted by Crippen LogP contribution is -2.45. The van der Waals surface area contributed by atoms with Crippen molar-refractivity contribution >= 4 is 11.7 Å². The number of ether oxygens (including phenoxy) is 2. The van der Waals surface area contributed by atoms with Crippen molar-refractivity contribution in [1.29, 1.82) is 0 Å². The summed E-state index contributed by atoms with van der Waals surface area (Å²) in [6, 6.07) is 0. The third-order valence-electron chi connectivity index (χ3n) is 5.46. The number of rotatable bonds is 2. The molecule has 136 valence electrons. The van der Waals surface area contributed by atoms with Crippen LogP contribution >= 0.6 is 0 Å². The molecule has 4 heterocycles. The molecule has 3 aliphatic rings. The summed E-state index contributed by atoms with van der Waals surface area (Å²) in [5.74, 6) is 0.989. The third-order valence-corrected chi connectivity index (χ3v) is 5.46. The fourth-order valence-electron chi connectivity index (χ4n) is 3.99. The second-order valence-electron chi connectivity index (χ2n) is 7.35. The van der Waals surface area contributed by atoms with Gasteiger partial charge in [0.15, 0.2) is 5.79 Å². The Balaban J connectivity index is 1.38. The van der Waals surface area contributed by atoms with Crippen LogP contribution in [-0.2, 0) is 9.47 Å². The van der Waals surface area contributed by atoms with Crippen LogP contribution in [0.3, 0.4) is 0 Å². The predicted molar refractivity (Wildman–Crippen MR) is 92.4 cm³/mol. The fraction of sp³-hybridized carbons (Fsp3) is 0.722. The van der Waals surface area contributed by atoms with Crippen molar-refractivity contribution in [2.24, 2.45) is 5.92 Å². The van der Waals surface area contributed by atoms with Gasteiger partial charge in [-0.15, -0.1) is 0 Å². The van der Waals surface area contributed by atoms with Crippen molar-refractivity contribution in [3.63, 3.8) is 0 Å². The Kier molecular flexibility index (Phi) is 4.60. The first kappa shape index (κ1) is 16.7. The SMILES string of the molecule is CC1CCCN(C(=O)c2cnc(N3CCC4(CC3)OCCO4)cn2)C1. The van der Waals surface area contributed by atoms with Crippen molar-refractivity contribution in [1.82, 2.24) is 14.9 Å². The molecule has 25 heavy (non-hydrogen) atoms. The zero-order chi connectivity index (χ0) is 17.3. The number of carbonyl (C=O) groups is 1. The van der Waals surface area contributed by atoms with E-state index in [-0.39, 0.29) is 11.7 Å². The Labute approximate surface area is 148 Å². The van der Waals surface area contributed by atoms with Gasteiger partial charge >= 0.3 is 0 Å². The molecule has 1 unspecified atom stereocenters. The number of piperidine rings is 2. The molecule has 7 nitrogen and oxygen atoms in total. The first-order chi connectivity index (χ1) is 12.2. The number of carbonyl (C=O) groups excluding carboxylic acids is 1. The van der Waals surface area contributed by atoms with Gasteiger partial charge in [-0.2, -0.15) is 0 Å². The van der Waals surface area contributed by atoms with Gasteiger partial charge in [-0.25, -0.2) is 9.97 Å². The van der Waals surface area contributed by atoms with Crippen LogP contribution in [0.2, 0.25) is 0 Å². The van der Waals surface area contributed by atoms with Crippen molar-refractivity contribution < 1.29 is 14.3 Å². The molecule has 1 aromatic rings. The van der Waals surface area contributed by atoms with Crippen LogP contribution in [0.4, 0.5) is 5.82 Å². The summed E-state index contributed by atoms with van der Waals surface area (Å²) in [5, 5.41) is 0. The normalized spacial score (nSPS) is 26.2. The van der Waals surface area contributed by atoms with E-state index in [1.807, 2.05) is 4.90 Å². The molecule has 1 atom stereocenters. The van der Waals surface area contributed by atoms with Crippen molar-refractivity contribution in [2.45, 2.75) is 38.4 Å². The summed E-state index contributed by atoms with van der Waals surface area (Å²) < 4.78 is 11.5. The van der Waals surface area contributed by atoms with Gasteiger partial charge in [0.2, 0.25) is 0 Å². The summed E-state index contributed by atoms with van der Waals surface area (Å²) in [6.07, 6.45) is 7.26. The van der Waals surface area contributed by atoms with Crippen LogP contribution in [0, 0.1) is 5.92 Å². The van der Waals surface area contributed by atoms with E-state index in [9.17, 15) is 4.79 Å². The zero-order valence-electron chi connectivity index (χ0n) is 14.8. The molecule has 0 radical (unpaired) electrons. The number of amides is 1. The van der Waals surface area contributed by atoms with Gasteiger partial charge in [0.1, 0.15) is 11.5 Å². The van der Waals surface area contributed by atoms with Gasteiger partial charge in [0, 0.05) is 39.0 Å². The molecule has 1 amide bonds. The standard InChI is InChI=1S/C18H26N4O3/c1-14-3-2-6-22(13-14)17(23)15-11-20-16(12-19-15)21-7-4-18(5-8-21)24-9-10-25-18/h11-12,14H,2-10,13H2,1H3. The van der Waals surface area contributed by atoms with Gasteiger partial charge < -0.3 is 19.3 Å². The number of hydrogen-bond donors (Lipinski definition) is 0. The highest BCUT2D eigenvalue weighted by Crippen LogP contribution is 2.32. The lowest BCUT2D eigenvalue weighted by Gasteiger charge is -2.38. The molecule has 3 aliphatic heterocycles. The Morgan fingerprint density at radius 3 is 2.56 bits per heavy atom. The fourth-order valence-corrected chi connectivity index (χ4v) is 3.99.